The molecule has 8 heteroatoms. The van der Waals surface area contributed by atoms with Crippen LogP contribution in [0.5, 0.6) is 5.75 Å². The first kappa shape index (κ1) is 21.9. The molecule has 0 saturated heterocycles. The number of carbonyl (C=O) groups excluding carboxylic acids is 2. The van der Waals surface area contributed by atoms with Gasteiger partial charge in [-0.05, 0) is 29.3 Å². The lowest BCUT2D eigenvalue weighted by Gasteiger charge is -2.21. The number of ether oxygens (including phenoxy) is 1. The average molecular weight is 402 g/mol. The van der Waals surface area contributed by atoms with Crippen LogP contribution < -0.4 is 15.4 Å². The Bertz CT molecular complexity index is 887. The second-order valence-electron chi connectivity index (χ2n) is 6.50. The predicted octanol–water partition coefficient (Wildman–Crippen LogP) is 1.69. The largest absolute Gasteiger partial charge is 0.497 e. The minimum Gasteiger partial charge on any atom is -0.497 e. The van der Waals surface area contributed by atoms with Crippen molar-refractivity contribution in [2.75, 3.05) is 7.11 Å². The molecule has 0 aliphatic carbocycles. The fourth-order valence-electron chi connectivity index (χ4n) is 2.85. The van der Waals surface area contributed by atoms with Gasteiger partial charge in [-0.1, -0.05) is 30.3 Å². The third-order valence-electron chi connectivity index (χ3n) is 4.26. The summed E-state index contributed by atoms with van der Waals surface area (Å²) in [5, 5.41) is 14.4. The van der Waals surface area contributed by atoms with Gasteiger partial charge in [0.2, 0.25) is 11.8 Å². The molecule has 2 rings (SSSR count). The van der Waals surface area contributed by atoms with Crippen LogP contribution in [0, 0.1) is 5.82 Å². The van der Waals surface area contributed by atoms with Crippen LogP contribution in [-0.2, 0) is 27.2 Å². The molecule has 0 aliphatic heterocycles. The van der Waals surface area contributed by atoms with Gasteiger partial charge >= 0.3 is 5.97 Å². The maximum Gasteiger partial charge on any atom is 0.326 e. The van der Waals surface area contributed by atoms with Crippen molar-refractivity contribution in [1.82, 2.24) is 10.6 Å². The summed E-state index contributed by atoms with van der Waals surface area (Å²) >= 11 is 0. The number of methoxy groups -OCH3 is 1. The Morgan fingerprint density at radius 1 is 1.03 bits per heavy atom. The van der Waals surface area contributed by atoms with E-state index in [0.29, 0.717) is 11.3 Å². The van der Waals surface area contributed by atoms with Crippen molar-refractivity contribution in [1.29, 1.82) is 0 Å². The number of hydrogen-bond donors (Lipinski definition) is 3. The topological polar surface area (TPSA) is 105 Å². The van der Waals surface area contributed by atoms with Crippen molar-refractivity contribution in [3.8, 4) is 5.75 Å². The number of hydrogen-bond acceptors (Lipinski definition) is 4. The van der Waals surface area contributed by atoms with Crippen molar-refractivity contribution >= 4 is 17.8 Å². The van der Waals surface area contributed by atoms with Crippen molar-refractivity contribution in [2.45, 2.75) is 31.8 Å². The van der Waals surface area contributed by atoms with Gasteiger partial charge in [0, 0.05) is 19.8 Å². The first-order chi connectivity index (χ1) is 13.8. The number of aliphatic carboxylic acids is 1. The van der Waals surface area contributed by atoms with Gasteiger partial charge in [0.25, 0.3) is 0 Å². The standard InChI is InChI=1S/C21H23FN2O5/c1-13(25)23-18(12-15-7-3-4-9-17(15)22)20(26)24-19(21(27)28)11-14-6-5-8-16(10-14)29-2/h3-10,18-19H,11-12H2,1-2H3,(H,23,25)(H,24,26)(H,27,28)/t18-,19-/m0/s1. The van der Waals surface area contributed by atoms with Gasteiger partial charge in [0.05, 0.1) is 7.11 Å². The Morgan fingerprint density at radius 2 is 1.76 bits per heavy atom. The molecule has 0 unspecified atom stereocenters. The van der Waals surface area contributed by atoms with Crippen LogP contribution in [0.1, 0.15) is 18.1 Å². The number of carbonyl (C=O) groups is 3. The van der Waals surface area contributed by atoms with E-state index in [1.807, 2.05) is 0 Å². The molecule has 0 fully saturated rings. The van der Waals surface area contributed by atoms with E-state index < -0.39 is 35.7 Å². The molecule has 154 valence electrons. The Morgan fingerprint density at radius 3 is 2.38 bits per heavy atom. The number of benzene rings is 2. The van der Waals surface area contributed by atoms with E-state index in [-0.39, 0.29) is 18.4 Å². The van der Waals surface area contributed by atoms with Crippen molar-refractivity contribution in [3.63, 3.8) is 0 Å². The summed E-state index contributed by atoms with van der Waals surface area (Å²) in [6.07, 6.45) is -0.0889. The lowest BCUT2D eigenvalue weighted by molar-refractivity contribution is -0.142. The molecule has 2 aromatic carbocycles. The molecule has 2 amide bonds. The van der Waals surface area contributed by atoms with Crippen LogP contribution in [-0.4, -0.2) is 42.1 Å². The van der Waals surface area contributed by atoms with E-state index >= 15 is 0 Å². The van der Waals surface area contributed by atoms with Gasteiger partial charge in [-0.25, -0.2) is 9.18 Å². The number of carboxylic acids is 1. The quantitative estimate of drug-likeness (QED) is 0.592. The summed E-state index contributed by atoms with van der Waals surface area (Å²) in [4.78, 5) is 35.8. The highest BCUT2D eigenvalue weighted by molar-refractivity contribution is 5.90. The zero-order chi connectivity index (χ0) is 21.4. The van der Waals surface area contributed by atoms with E-state index in [4.69, 9.17) is 4.74 Å². The summed E-state index contributed by atoms with van der Waals surface area (Å²) in [7, 11) is 1.50. The van der Waals surface area contributed by atoms with Crippen LogP contribution in [0.3, 0.4) is 0 Å². The van der Waals surface area contributed by atoms with Crippen molar-refractivity contribution in [3.05, 3.63) is 65.5 Å². The van der Waals surface area contributed by atoms with Gasteiger partial charge in [0.15, 0.2) is 0 Å². The number of carboxylic acid groups (broad SMARTS) is 1. The molecule has 0 aromatic heterocycles. The highest BCUT2D eigenvalue weighted by Crippen LogP contribution is 2.15. The summed E-state index contributed by atoms with van der Waals surface area (Å²) in [6, 6.07) is 10.4. The zero-order valence-corrected chi connectivity index (χ0v) is 16.1. The molecule has 2 atom stereocenters. The van der Waals surface area contributed by atoms with Crippen LogP contribution in [0.25, 0.3) is 0 Å². The normalized spacial score (nSPS) is 12.5. The lowest BCUT2D eigenvalue weighted by Crippen LogP contribution is -2.52. The minimum absolute atomic E-state index is 0.0186. The SMILES string of the molecule is COc1cccc(C[C@H](NC(=O)[C@H](Cc2ccccc2F)NC(C)=O)C(=O)O)c1. The van der Waals surface area contributed by atoms with Crippen molar-refractivity contribution in [2.24, 2.45) is 0 Å². The molecular weight excluding hydrogens is 379 g/mol. The molecule has 0 bridgehead atoms. The summed E-state index contributed by atoms with van der Waals surface area (Å²) in [5.74, 6) is -2.37. The molecular formula is C21H23FN2O5. The second kappa shape index (κ2) is 10.2. The summed E-state index contributed by atoms with van der Waals surface area (Å²) in [5.41, 5.74) is 0.892. The van der Waals surface area contributed by atoms with E-state index in [0.717, 1.165) is 0 Å². The van der Waals surface area contributed by atoms with Gasteiger partial charge in [0.1, 0.15) is 23.7 Å². The average Bonchev–Trinajstić information content (AvgIpc) is 2.68. The summed E-state index contributed by atoms with van der Waals surface area (Å²) < 4.78 is 19.1. The molecule has 3 N–H and O–H groups in total. The highest BCUT2D eigenvalue weighted by Gasteiger charge is 2.27. The van der Waals surface area contributed by atoms with Gasteiger partial charge in [-0.3, -0.25) is 9.59 Å². The minimum atomic E-state index is -1.23. The predicted molar refractivity (Wildman–Crippen MR) is 104 cm³/mol. The zero-order valence-electron chi connectivity index (χ0n) is 16.1. The molecule has 7 nitrogen and oxygen atoms in total. The maximum atomic E-state index is 14.0. The fourth-order valence-corrected chi connectivity index (χ4v) is 2.85. The first-order valence-electron chi connectivity index (χ1n) is 8.96. The molecule has 0 aliphatic rings. The van der Waals surface area contributed by atoms with Gasteiger partial charge in [-0.2, -0.15) is 0 Å². The molecule has 29 heavy (non-hydrogen) atoms. The van der Waals surface area contributed by atoms with Crippen molar-refractivity contribution < 1.29 is 28.6 Å². The van der Waals surface area contributed by atoms with Crippen LogP contribution in [0.15, 0.2) is 48.5 Å². The highest BCUT2D eigenvalue weighted by atomic mass is 19.1. The Kier molecular flexibility index (Phi) is 7.70. The van der Waals surface area contributed by atoms with E-state index in [1.54, 1.807) is 30.3 Å². The number of amides is 2. The molecule has 0 radical (unpaired) electrons. The number of rotatable bonds is 9. The van der Waals surface area contributed by atoms with Crippen LogP contribution in [0.4, 0.5) is 4.39 Å². The molecule has 2 aromatic rings. The lowest BCUT2D eigenvalue weighted by atomic mass is 10.0. The molecule has 0 spiro atoms. The van der Waals surface area contributed by atoms with E-state index in [9.17, 15) is 23.9 Å². The Labute approximate surface area is 167 Å². The fraction of sp³-hybridized carbons (Fsp3) is 0.286. The summed E-state index contributed by atoms with van der Waals surface area (Å²) in [6.45, 7) is 1.23. The van der Waals surface area contributed by atoms with Crippen LogP contribution in [0.2, 0.25) is 0 Å². The number of halogens is 1. The third-order valence-corrected chi connectivity index (χ3v) is 4.26. The Balaban J connectivity index is 2.16. The maximum absolute atomic E-state index is 14.0. The Hall–Kier alpha value is -3.42. The molecule has 0 heterocycles. The van der Waals surface area contributed by atoms with E-state index in [1.165, 1.54) is 32.2 Å². The monoisotopic (exact) mass is 402 g/mol. The third kappa shape index (κ3) is 6.60. The van der Waals surface area contributed by atoms with Crippen LogP contribution >= 0.6 is 0 Å². The molecule has 0 saturated carbocycles. The first-order valence-corrected chi connectivity index (χ1v) is 8.96. The second-order valence-corrected chi connectivity index (χ2v) is 6.50. The van der Waals surface area contributed by atoms with Gasteiger partial charge < -0.3 is 20.5 Å². The smallest absolute Gasteiger partial charge is 0.326 e. The van der Waals surface area contributed by atoms with E-state index in [2.05, 4.69) is 10.6 Å². The number of nitrogens with one attached hydrogen (secondary N) is 2. The van der Waals surface area contributed by atoms with Gasteiger partial charge in [-0.15, -0.1) is 0 Å².